The Kier molecular flexibility index (Phi) is 15.7. The lowest BCUT2D eigenvalue weighted by atomic mass is 9.90. The van der Waals surface area contributed by atoms with Crippen LogP contribution >= 0.6 is 0 Å². The van der Waals surface area contributed by atoms with Crippen LogP contribution in [0.15, 0.2) is 152 Å². The fraction of sp³-hybridized carbons (Fsp3) is 0.300. The summed E-state index contributed by atoms with van der Waals surface area (Å²) in [7, 11) is 0. The highest BCUT2D eigenvalue weighted by molar-refractivity contribution is 5.82. The Bertz CT molecular complexity index is 2450. The molecule has 0 aliphatic carbocycles. The van der Waals surface area contributed by atoms with E-state index in [4.69, 9.17) is 4.74 Å². The molecule has 1 fully saturated rings. The molecular formula is C50H53F3N6O6. The average Bonchev–Trinajstić information content (AvgIpc) is 4.01. The smallest absolute Gasteiger partial charge is 0.405 e. The molecule has 8 rings (SSSR count). The first-order valence-electron chi connectivity index (χ1n) is 21.6. The number of nitrogens with one attached hydrogen (secondary N) is 2. The van der Waals surface area contributed by atoms with Crippen LogP contribution in [0.3, 0.4) is 0 Å². The number of hydrogen-bond acceptors (Lipinski definition) is 8. The molecule has 1 saturated heterocycles. The zero-order chi connectivity index (χ0) is 45.8. The number of rotatable bonds is 15. The highest BCUT2D eigenvalue weighted by atomic mass is 19.4. The van der Waals surface area contributed by atoms with Crippen molar-refractivity contribution < 1.29 is 42.5 Å². The third-order valence-electron chi connectivity index (χ3n) is 11.5. The maximum Gasteiger partial charge on any atom is 0.405 e. The van der Waals surface area contributed by atoms with Crippen molar-refractivity contribution in [2.24, 2.45) is 5.92 Å². The van der Waals surface area contributed by atoms with E-state index in [0.29, 0.717) is 42.9 Å². The summed E-state index contributed by atoms with van der Waals surface area (Å²) in [6.45, 7) is 0.00343. The van der Waals surface area contributed by atoms with E-state index in [9.17, 15) is 37.8 Å². The van der Waals surface area contributed by atoms with E-state index in [1.165, 1.54) is 0 Å². The van der Waals surface area contributed by atoms with Gasteiger partial charge in [-0.1, -0.05) is 84.9 Å². The molecule has 2 amide bonds. The lowest BCUT2D eigenvalue weighted by Crippen LogP contribution is -2.60. The van der Waals surface area contributed by atoms with Crippen molar-refractivity contribution in [2.75, 3.05) is 39.3 Å². The number of carbonyl (C=O) groups is 3. The molecule has 0 spiro atoms. The Morgan fingerprint density at radius 1 is 0.800 bits per heavy atom. The van der Waals surface area contributed by atoms with Gasteiger partial charge >= 0.3 is 6.18 Å². The molecule has 2 aliphatic heterocycles. The fourth-order valence-electron chi connectivity index (χ4n) is 8.24. The number of ether oxygens (including phenoxy) is 1. The lowest BCUT2D eigenvalue weighted by Gasteiger charge is -2.41. The highest BCUT2D eigenvalue weighted by Gasteiger charge is 2.38. The van der Waals surface area contributed by atoms with E-state index in [0.717, 1.165) is 28.8 Å². The Balaban J connectivity index is 0.000000413. The Morgan fingerprint density at radius 3 is 2.09 bits per heavy atom. The predicted octanol–water partition coefficient (Wildman–Crippen LogP) is 6.15. The number of β-amino-alcohol motifs (C(OH)–C–C–N with tert-alkyl or cyclic N) is 1. The monoisotopic (exact) mass is 890 g/mol. The van der Waals surface area contributed by atoms with Crippen molar-refractivity contribution in [1.29, 1.82) is 0 Å². The van der Waals surface area contributed by atoms with E-state index in [1.54, 1.807) is 29.2 Å². The van der Waals surface area contributed by atoms with Crippen molar-refractivity contribution in [1.82, 2.24) is 29.6 Å². The van der Waals surface area contributed by atoms with E-state index in [-0.39, 0.29) is 32.0 Å². The van der Waals surface area contributed by atoms with Gasteiger partial charge in [-0.15, -0.1) is 0 Å². The van der Waals surface area contributed by atoms with Crippen LogP contribution in [0.4, 0.5) is 13.2 Å². The van der Waals surface area contributed by atoms with Crippen molar-refractivity contribution in [2.45, 2.75) is 49.9 Å². The molecule has 2 aromatic heterocycles. The number of halogens is 3. The summed E-state index contributed by atoms with van der Waals surface area (Å²) in [5.41, 5.74) is 5.26. The number of hydrogen-bond donors (Lipinski definition) is 4. The molecule has 0 saturated carbocycles. The van der Waals surface area contributed by atoms with Crippen LogP contribution in [0.25, 0.3) is 11.4 Å². The second-order valence-electron chi connectivity index (χ2n) is 16.3. The number of aldehydes is 1. The van der Waals surface area contributed by atoms with Crippen LogP contribution in [0.2, 0.25) is 0 Å². The van der Waals surface area contributed by atoms with Gasteiger partial charge in [0.1, 0.15) is 31.0 Å². The summed E-state index contributed by atoms with van der Waals surface area (Å²) < 4.78 is 48.9. The summed E-state index contributed by atoms with van der Waals surface area (Å²) >= 11 is 0. The summed E-state index contributed by atoms with van der Waals surface area (Å²) in [5, 5.41) is 27.3. The first-order chi connectivity index (χ1) is 31.4. The van der Waals surface area contributed by atoms with Crippen LogP contribution < -0.4 is 15.4 Å². The maximum atomic E-state index is 13.9. The van der Waals surface area contributed by atoms with Crippen LogP contribution in [0.5, 0.6) is 5.75 Å². The second kappa shape index (κ2) is 21.9. The minimum absolute atomic E-state index is 0.0105. The molecule has 4 heterocycles. The normalized spacial score (nSPS) is 18.5. The first kappa shape index (κ1) is 46.5. The van der Waals surface area contributed by atoms with E-state index in [1.807, 2.05) is 147 Å². The number of aliphatic hydroxyl groups is 2. The SMILES string of the molecule is O=C(N[C@H]1c2ccccc2OC[C@H]1O)[C@H](Cc1ccccc1)C[C@H](O)CN1CCN(Cc2ccn(-c3ccccc3)c2)C[C@H]1C(=O)NCC(F)(F)F.O=Cc1ccn(-c2ccccc2)c1. The number of benzene rings is 4. The molecular weight excluding hydrogens is 838 g/mol. The Morgan fingerprint density at radius 2 is 1.43 bits per heavy atom. The molecule has 15 heteroatoms. The average molecular weight is 891 g/mol. The molecule has 12 nitrogen and oxygen atoms in total. The molecule has 2 aliphatic rings. The number of amides is 2. The summed E-state index contributed by atoms with van der Waals surface area (Å²) in [6.07, 6.45) is 2.13. The van der Waals surface area contributed by atoms with Gasteiger partial charge in [0, 0.05) is 85.9 Å². The van der Waals surface area contributed by atoms with Gasteiger partial charge in [-0.2, -0.15) is 13.2 Å². The summed E-state index contributed by atoms with van der Waals surface area (Å²) in [4.78, 5) is 41.3. The van der Waals surface area contributed by atoms with E-state index < -0.39 is 48.8 Å². The van der Waals surface area contributed by atoms with Gasteiger partial charge < -0.3 is 34.7 Å². The lowest BCUT2D eigenvalue weighted by molar-refractivity contribution is -0.143. The third kappa shape index (κ3) is 13.0. The summed E-state index contributed by atoms with van der Waals surface area (Å²) in [6, 6.07) is 38.3. The van der Waals surface area contributed by atoms with Gasteiger partial charge in [-0.05, 0) is 66.4 Å². The number of para-hydroxylation sites is 3. The number of nitrogens with zero attached hydrogens (tertiary/aromatic N) is 4. The fourth-order valence-corrected chi connectivity index (χ4v) is 8.24. The van der Waals surface area contributed by atoms with Crippen LogP contribution in [0, 0.1) is 5.92 Å². The zero-order valence-electron chi connectivity index (χ0n) is 35.7. The van der Waals surface area contributed by atoms with Gasteiger partial charge in [0.25, 0.3) is 0 Å². The minimum Gasteiger partial charge on any atom is -0.490 e. The minimum atomic E-state index is -4.58. The van der Waals surface area contributed by atoms with Crippen LogP contribution in [-0.2, 0) is 22.6 Å². The largest absolute Gasteiger partial charge is 0.490 e. The quantitative estimate of drug-likeness (QED) is 0.0901. The van der Waals surface area contributed by atoms with E-state index >= 15 is 0 Å². The van der Waals surface area contributed by atoms with Crippen molar-refractivity contribution in [3.63, 3.8) is 0 Å². The molecule has 0 radical (unpaired) electrons. The molecule has 5 atom stereocenters. The summed E-state index contributed by atoms with van der Waals surface area (Å²) in [5.74, 6) is -1.29. The number of piperazine rings is 1. The van der Waals surface area contributed by atoms with Gasteiger partial charge in [-0.25, -0.2) is 0 Å². The zero-order valence-corrected chi connectivity index (χ0v) is 35.7. The van der Waals surface area contributed by atoms with Crippen LogP contribution in [-0.4, -0.2) is 111 Å². The van der Waals surface area contributed by atoms with Crippen LogP contribution in [0.1, 0.15) is 39.5 Å². The molecule has 0 bridgehead atoms. The molecule has 6 aromatic rings. The molecule has 340 valence electrons. The standard InChI is InChI=1S/C39H44F3N5O5.C11H9NO/c40-39(41,42)26-43-38(51)33-24-45(21-28-15-16-46(22-28)30-11-5-2-6-12-30)17-18-47(33)23-31(48)20-29(19-27-9-3-1-4-10-27)37(50)44-36-32-13-7-8-14-35(32)52-25-34(36)49;13-9-10-6-7-12(8-10)11-4-2-1-3-5-11/h1-16,22,29,31,33-34,36,48-49H,17-21,23-26H2,(H,43,51)(H,44,50);1-9H/t29-,31+,33+,34-,36+;/m1./s1. The third-order valence-corrected chi connectivity index (χ3v) is 11.5. The number of carbonyl (C=O) groups excluding carboxylic acids is 3. The van der Waals surface area contributed by atoms with Crippen molar-refractivity contribution >= 4 is 18.1 Å². The number of aliphatic hydroxyl groups excluding tert-OH is 2. The van der Waals surface area contributed by atoms with Crippen molar-refractivity contribution in [3.8, 4) is 17.1 Å². The topological polar surface area (TPSA) is 141 Å². The Hall–Kier alpha value is -6.52. The number of aromatic nitrogens is 2. The van der Waals surface area contributed by atoms with Gasteiger partial charge in [0.05, 0.1) is 12.1 Å². The predicted molar refractivity (Wildman–Crippen MR) is 240 cm³/mol. The molecule has 4 aromatic carbocycles. The number of alkyl halides is 3. The number of fused-ring (bicyclic) bond motifs is 1. The van der Waals surface area contributed by atoms with Gasteiger partial charge in [0.15, 0.2) is 6.29 Å². The van der Waals surface area contributed by atoms with Gasteiger partial charge in [0.2, 0.25) is 11.8 Å². The Labute approximate surface area is 375 Å². The van der Waals surface area contributed by atoms with Gasteiger partial charge in [-0.3, -0.25) is 24.2 Å². The van der Waals surface area contributed by atoms with Crippen molar-refractivity contribution in [3.05, 3.63) is 174 Å². The second-order valence-corrected chi connectivity index (χ2v) is 16.3. The molecule has 0 unspecified atom stereocenters. The highest BCUT2D eigenvalue weighted by Crippen LogP contribution is 2.32. The molecule has 65 heavy (non-hydrogen) atoms. The maximum absolute atomic E-state index is 13.9. The first-order valence-corrected chi connectivity index (χ1v) is 21.6. The molecule has 4 N–H and O–H groups in total. The van der Waals surface area contributed by atoms with E-state index in [2.05, 4.69) is 5.32 Å².